The number of rotatable bonds is 0. The van der Waals surface area contributed by atoms with E-state index in [2.05, 4.69) is 6.92 Å². The molecule has 0 spiro atoms. The summed E-state index contributed by atoms with van der Waals surface area (Å²) in [4.78, 5) is 11.8. The Morgan fingerprint density at radius 3 is 2.85 bits per heavy atom. The Kier molecular flexibility index (Phi) is 1.35. The van der Waals surface area contributed by atoms with E-state index in [4.69, 9.17) is 0 Å². The molecule has 2 atom stereocenters. The van der Waals surface area contributed by atoms with Crippen LogP contribution in [0.1, 0.15) is 45.4 Å². The van der Waals surface area contributed by atoms with Crippen molar-refractivity contribution < 1.29 is 4.79 Å². The van der Waals surface area contributed by atoms with Crippen molar-refractivity contribution in [3.05, 3.63) is 11.1 Å². The zero-order valence-electron chi connectivity index (χ0n) is 8.23. The molecule has 1 fully saturated rings. The van der Waals surface area contributed by atoms with Crippen molar-refractivity contribution in [1.29, 1.82) is 0 Å². The molecule has 2 bridgehead atoms. The molecule has 0 aromatic heterocycles. The lowest BCUT2D eigenvalue weighted by molar-refractivity contribution is -0.143. The molecule has 0 amide bonds. The molecule has 70 valence electrons. The van der Waals surface area contributed by atoms with Gasteiger partial charge in [0.2, 0.25) is 0 Å². The smallest absolute Gasteiger partial charge is 0.146 e. The van der Waals surface area contributed by atoms with Gasteiger partial charge in [-0.05, 0) is 45.4 Å². The molecule has 0 aromatic rings. The molecule has 1 heteroatoms. The minimum absolute atomic E-state index is 0.0126. The summed E-state index contributed by atoms with van der Waals surface area (Å²) in [5.74, 6) is 0.968. The lowest BCUT2D eigenvalue weighted by Crippen LogP contribution is -2.52. The molecule has 0 heterocycles. The Morgan fingerprint density at radius 1 is 1.31 bits per heavy atom. The quantitative estimate of drug-likeness (QED) is 0.519. The number of allylic oxidation sites excluding steroid dienone is 2. The van der Waals surface area contributed by atoms with Gasteiger partial charge in [-0.3, -0.25) is 4.79 Å². The molecule has 1 nitrogen and oxygen atoms in total. The number of carbonyl (C=O) groups excluding carboxylic acids is 1. The summed E-state index contributed by atoms with van der Waals surface area (Å²) in [5, 5.41) is 0. The van der Waals surface area contributed by atoms with Gasteiger partial charge in [0.05, 0.1) is 0 Å². The van der Waals surface area contributed by atoms with E-state index < -0.39 is 0 Å². The fraction of sp³-hybridized carbons (Fsp3) is 0.750. The molecule has 0 aromatic carbocycles. The van der Waals surface area contributed by atoms with Crippen LogP contribution in [-0.4, -0.2) is 5.78 Å². The Morgan fingerprint density at radius 2 is 2.08 bits per heavy atom. The van der Waals surface area contributed by atoms with Gasteiger partial charge in [-0.15, -0.1) is 0 Å². The number of hydrogen-bond donors (Lipinski definition) is 0. The molecule has 0 saturated heterocycles. The molecule has 0 aliphatic heterocycles. The highest BCUT2D eigenvalue weighted by atomic mass is 16.1. The first kappa shape index (κ1) is 7.78. The SMILES string of the molecule is C[C@]12C[C@H](CC3=C1CCCC3)C2=O. The molecule has 1 saturated carbocycles. The standard InChI is InChI=1S/C12H16O/c1-12-7-9(11(12)13)6-8-4-2-3-5-10(8)12/h9H,2-7H2,1H3/t9-,12-/m0/s1. The average molecular weight is 176 g/mol. The van der Waals surface area contributed by atoms with Crippen LogP contribution in [0.4, 0.5) is 0 Å². The molecule has 4 aliphatic rings. The summed E-state index contributed by atoms with van der Waals surface area (Å²) in [7, 11) is 0. The van der Waals surface area contributed by atoms with Crippen molar-refractivity contribution in [3.8, 4) is 0 Å². The minimum atomic E-state index is 0.0126. The van der Waals surface area contributed by atoms with Gasteiger partial charge in [0, 0.05) is 11.3 Å². The third-order valence-corrected chi connectivity index (χ3v) is 4.31. The van der Waals surface area contributed by atoms with Crippen molar-refractivity contribution in [3.63, 3.8) is 0 Å². The second-order valence-electron chi connectivity index (χ2n) is 5.09. The largest absolute Gasteiger partial charge is 0.298 e. The normalized spacial score (nSPS) is 42.8. The van der Waals surface area contributed by atoms with Crippen LogP contribution in [0.5, 0.6) is 0 Å². The van der Waals surface area contributed by atoms with E-state index in [9.17, 15) is 4.79 Å². The molecule has 0 unspecified atom stereocenters. The summed E-state index contributed by atoms with van der Waals surface area (Å²) >= 11 is 0. The van der Waals surface area contributed by atoms with Crippen LogP contribution >= 0.6 is 0 Å². The molecule has 0 N–H and O–H groups in total. The first-order valence-corrected chi connectivity index (χ1v) is 5.47. The maximum absolute atomic E-state index is 11.8. The Bertz CT molecular complexity index is 313. The van der Waals surface area contributed by atoms with Crippen molar-refractivity contribution >= 4 is 5.78 Å². The van der Waals surface area contributed by atoms with E-state index in [-0.39, 0.29) is 5.41 Å². The van der Waals surface area contributed by atoms with E-state index >= 15 is 0 Å². The van der Waals surface area contributed by atoms with E-state index in [1.165, 1.54) is 25.7 Å². The van der Waals surface area contributed by atoms with Gasteiger partial charge in [-0.2, -0.15) is 0 Å². The van der Waals surface area contributed by atoms with Gasteiger partial charge in [0.15, 0.2) is 0 Å². The van der Waals surface area contributed by atoms with Crippen molar-refractivity contribution in [1.82, 2.24) is 0 Å². The van der Waals surface area contributed by atoms with Gasteiger partial charge in [-0.1, -0.05) is 11.1 Å². The maximum Gasteiger partial charge on any atom is 0.146 e. The summed E-state index contributed by atoms with van der Waals surface area (Å²) < 4.78 is 0. The summed E-state index contributed by atoms with van der Waals surface area (Å²) in [6, 6.07) is 0. The first-order valence-electron chi connectivity index (χ1n) is 5.47. The van der Waals surface area contributed by atoms with Crippen LogP contribution in [-0.2, 0) is 4.79 Å². The third-order valence-electron chi connectivity index (χ3n) is 4.31. The summed E-state index contributed by atoms with van der Waals surface area (Å²) in [6.07, 6.45) is 7.44. The zero-order valence-corrected chi connectivity index (χ0v) is 8.23. The molecule has 0 radical (unpaired) electrons. The van der Waals surface area contributed by atoms with Gasteiger partial charge in [0.1, 0.15) is 5.78 Å². The second-order valence-corrected chi connectivity index (χ2v) is 5.09. The second kappa shape index (κ2) is 2.26. The lowest BCUT2D eigenvalue weighted by Gasteiger charge is -2.52. The highest BCUT2D eigenvalue weighted by molar-refractivity contribution is 5.97. The van der Waals surface area contributed by atoms with Gasteiger partial charge in [-0.25, -0.2) is 0 Å². The molecule has 13 heavy (non-hydrogen) atoms. The fourth-order valence-electron chi connectivity index (χ4n) is 3.60. The Balaban J connectivity index is 2.07. The average Bonchev–Trinajstić information content (AvgIpc) is 2.17. The number of carbonyl (C=O) groups is 1. The predicted molar refractivity (Wildman–Crippen MR) is 51.3 cm³/mol. The van der Waals surface area contributed by atoms with Crippen LogP contribution in [0.2, 0.25) is 0 Å². The van der Waals surface area contributed by atoms with Crippen LogP contribution in [0, 0.1) is 11.3 Å². The van der Waals surface area contributed by atoms with Crippen LogP contribution in [0.3, 0.4) is 0 Å². The zero-order chi connectivity index (χ0) is 9.05. The van der Waals surface area contributed by atoms with Gasteiger partial charge >= 0.3 is 0 Å². The number of hydrogen-bond acceptors (Lipinski definition) is 1. The highest BCUT2D eigenvalue weighted by Gasteiger charge is 2.55. The van der Waals surface area contributed by atoms with E-state index in [0.717, 1.165) is 12.8 Å². The monoisotopic (exact) mass is 176 g/mol. The van der Waals surface area contributed by atoms with Crippen molar-refractivity contribution in [2.45, 2.75) is 45.4 Å². The van der Waals surface area contributed by atoms with Crippen molar-refractivity contribution in [2.75, 3.05) is 0 Å². The molecular weight excluding hydrogens is 160 g/mol. The van der Waals surface area contributed by atoms with Gasteiger partial charge < -0.3 is 0 Å². The first-order chi connectivity index (χ1) is 6.22. The molecular formula is C12H16O. The molecule has 4 aliphatic carbocycles. The minimum Gasteiger partial charge on any atom is -0.298 e. The van der Waals surface area contributed by atoms with E-state index in [0.29, 0.717) is 11.7 Å². The number of Topliss-reactive ketones (excluding diaryl/α,β-unsaturated/α-hetero) is 1. The lowest BCUT2D eigenvalue weighted by atomic mass is 9.50. The molecule has 4 rings (SSSR count). The van der Waals surface area contributed by atoms with Crippen LogP contribution < -0.4 is 0 Å². The third kappa shape index (κ3) is 0.806. The van der Waals surface area contributed by atoms with Gasteiger partial charge in [0.25, 0.3) is 0 Å². The maximum atomic E-state index is 11.8. The summed E-state index contributed by atoms with van der Waals surface area (Å²) in [6.45, 7) is 2.17. The van der Waals surface area contributed by atoms with E-state index in [1.807, 2.05) is 0 Å². The summed E-state index contributed by atoms with van der Waals surface area (Å²) in [5.41, 5.74) is 3.22. The Labute approximate surface area is 79.2 Å². The Hall–Kier alpha value is -0.590. The van der Waals surface area contributed by atoms with E-state index in [1.54, 1.807) is 11.1 Å². The van der Waals surface area contributed by atoms with Crippen LogP contribution in [0.25, 0.3) is 0 Å². The van der Waals surface area contributed by atoms with Crippen LogP contribution in [0.15, 0.2) is 11.1 Å². The number of ketones is 1. The predicted octanol–water partition coefficient (Wildman–Crippen LogP) is 2.86. The topological polar surface area (TPSA) is 17.1 Å². The van der Waals surface area contributed by atoms with Crippen molar-refractivity contribution in [2.24, 2.45) is 11.3 Å². The fourth-order valence-corrected chi connectivity index (χ4v) is 3.60. The highest BCUT2D eigenvalue weighted by Crippen LogP contribution is 2.58.